The van der Waals surface area contributed by atoms with E-state index in [2.05, 4.69) is 5.32 Å². The van der Waals surface area contributed by atoms with Gasteiger partial charge in [0.1, 0.15) is 18.3 Å². The Labute approximate surface area is 238 Å². The van der Waals surface area contributed by atoms with Crippen LogP contribution in [0, 0.1) is 12.8 Å². The second-order valence-electron chi connectivity index (χ2n) is 10.2. The summed E-state index contributed by atoms with van der Waals surface area (Å²) in [5.41, 5.74) is 2.97. The quantitative estimate of drug-likeness (QED) is 0.336. The minimum Gasteiger partial charge on any atom is -0.495 e. The number of nitrogens with one attached hydrogen (secondary N) is 1. The van der Waals surface area contributed by atoms with E-state index >= 15 is 0 Å². The molecule has 40 heavy (non-hydrogen) atoms. The molecule has 1 unspecified atom stereocenters. The highest BCUT2D eigenvalue weighted by Gasteiger charge is 2.33. The molecule has 0 bridgehead atoms. The number of nitrogens with zero attached hydrogens (tertiary/aromatic N) is 2. The number of aryl methyl sites for hydroxylation is 1. The molecule has 9 heteroatoms. The van der Waals surface area contributed by atoms with Crippen molar-refractivity contribution in [1.82, 2.24) is 10.2 Å². The third-order valence-electron chi connectivity index (χ3n) is 6.59. The maximum Gasteiger partial charge on any atom is 0.244 e. The van der Waals surface area contributed by atoms with Gasteiger partial charge in [0.25, 0.3) is 0 Å². The molecule has 8 nitrogen and oxygen atoms in total. The van der Waals surface area contributed by atoms with Crippen molar-refractivity contribution >= 4 is 27.5 Å². The topological polar surface area (TPSA) is 96.0 Å². The minimum atomic E-state index is -3.88. The van der Waals surface area contributed by atoms with E-state index in [0.29, 0.717) is 12.3 Å². The van der Waals surface area contributed by atoms with Crippen molar-refractivity contribution in [1.29, 1.82) is 0 Å². The number of hydrogen-bond donors (Lipinski definition) is 1. The summed E-state index contributed by atoms with van der Waals surface area (Å²) >= 11 is 0. The first kappa shape index (κ1) is 30.7. The summed E-state index contributed by atoms with van der Waals surface area (Å²) < 4.78 is 32.4. The fraction of sp³-hybridized carbons (Fsp3) is 0.355. The zero-order valence-corrected chi connectivity index (χ0v) is 24.6. The van der Waals surface area contributed by atoms with Crippen molar-refractivity contribution in [3.05, 3.63) is 95.6 Å². The van der Waals surface area contributed by atoms with E-state index in [1.807, 2.05) is 75.4 Å². The average Bonchev–Trinajstić information content (AvgIpc) is 2.93. The summed E-state index contributed by atoms with van der Waals surface area (Å²) in [6.45, 7) is 6.04. The molecule has 2 amide bonds. The zero-order valence-electron chi connectivity index (χ0n) is 23.8. The molecular formula is C31H39N3O5S. The number of carbonyl (C=O) groups is 2. The summed E-state index contributed by atoms with van der Waals surface area (Å²) in [5.74, 6) is -0.252. The highest BCUT2D eigenvalue weighted by atomic mass is 32.2. The Balaban J connectivity index is 2.08. The maximum atomic E-state index is 14.2. The van der Waals surface area contributed by atoms with Gasteiger partial charge in [-0.05, 0) is 41.7 Å². The van der Waals surface area contributed by atoms with Crippen molar-refractivity contribution in [2.75, 3.05) is 30.8 Å². The van der Waals surface area contributed by atoms with Gasteiger partial charge in [-0.15, -0.1) is 0 Å². The molecule has 0 saturated heterocycles. The number of anilines is 1. The predicted molar refractivity (Wildman–Crippen MR) is 159 cm³/mol. The molecule has 0 radical (unpaired) electrons. The van der Waals surface area contributed by atoms with Gasteiger partial charge in [-0.1, -0.05) is 80.6 Å². The largest absolute Gasteiger partial charge is 0.495 e. The smallest absolute Gasteiger partial charge is 0.244 e. The van der Waals surface area contributed by atoms with Gasteiger partial charge in [0, 0.05) is 19.5 Å². The van der Waals surface area contributed by atoms with Crippen molar-refractivity contribution in [2.45, 2.75) is 39.8 Å². The van der Waals surface area contributed by atoms with Crippen molar-refractivity contribution in [2.24, 2.45) is 5.92 Å². The van der Waals surface area contributed by atoms with Crippen LogP contribution in [0.1, 0.15) is 30.5 Å². The number of amides is 2. The normalized spacial score (nSPS) is 12.1. The van der Waals surface area contributed by atoms with Gasteiger partial charge in [-0.25, -0.2) is 8.42 Å². The van der Waals surface area contributed by atoms with E-state index in [-0.39, 0.29) is 30.5 Å². The molecule has 0 spiro atoms. The third-order valence-corrected chi connectivity index (χ3v) is 7.72. The highest BCUT2D eigenvalue weighted by Crippen LogP contribution is 2.30. The number of sulfonamides is 1. The first-order valence-corrected chi connectivity index (χ1v) is 15.1. The van der Waals surface area contributed by atoms with Crippen LogP contribution in [0.4, 0.5) is 5.69 Å². The molecule has 1 atom stereocenters. The Morgan fingerprint density at radius 2 is 1.55 bits per heavy atom. The number of benzene rings is 3. The van der Waals surface area contributed by atoms with E-state index in [1.165, 1.54) is 12.0 Å². The number of rotatable bonds is 13. The number of carbonyl (C=O) groups excluding carboxylic acids is 2. The molecule has 0 aromatic heterocycles. The van der Waals surface area contributed by atoms with Gasteiger partial charge in [-0.2, -0.15) is 0 Å². The molecule has 0 saturated carbocycles. The lowest BCUT2D eigenvalue weighted by Crippen LogP contribution is -2.53. The molecule has 0 heterocycles. The Bertz CT molecular complexity index is 1390. The molecule has 0 fully saturated rings. The van der Waals surface area contributed by atoms with E-state index in [4.69, 9.17) is 4.74 Å². The summed E-state index contributed by atoms with van der Waals surface area (Å²) in [5, 5.41) is 2.99. The van der Waals surface area contributed by atoms with Crippen LogP contribution in [0.15, 0.2) is 78.9 Å². The second kappa shape index (κ2) is 14.0. The maximum absolute atomic E-state index is 14.2. The van der Waals surface area contributed by atoms with Crippen LogP contribution in [0.2, 0.25) is 0 Å². The third kappa shape index (κ3) is 8.32. The summed E-state index contributed by atoms with van der Waals surface area (Å²) in [6.07, 6.45) is 1.32. The van der Waals surface area contributed by atoms with E-state index < -0.39 is 28.5 Å². The number of ether oxygens (including phenoxy) is 1. The van der Waals surface area contributed by atoms with Gasteiger partial charge in [0.15, 0.2) is 0 Å². The molecule has 0 aliphatic rings. The Morgan fingerprint density at radius 1 is 0.925 bits per heavy atom. The first-order chi connectivity index (χ1) is 19.0. The average molecular weight is 566 g/mol. The summed E-state index contributed by atoms with van der Waals surface area (Å²) in [4.78, 5) is 29.3. The van der Waals surface area contributed by atoms with E-state index in [9.17, 15) is 18.0 Å². The molecule has 0 aliphatic carbocycles. The van der Waals surface area contributed by atoms with Crippen molar-refractivity contribution < 1.29 is 22.7 Å². The molecule has 214 valence electrons. The van der Waals surface area contributed by atoms with Crippen LogP contribution in [0.3, 0.4) is 0 Å². The van der Waals surface area contributed by atoms with Gasteiger partial charge in [-0.3, -0.25) is 13.9 Å². The lowest BCUT2D eigenvalue weighted by molar-refractivity contribution is -0.140. The lowest BCUT2D eigenvalue weighted by atomic mass is 10.0. The molecule has 3 aromatic carbocycles. The fourth-order valence-electron chi connectivity index (χ4n) is 4.38. The zero-order chi connectivity index (χ0) is 29.3. The van der Waals surface area contributed by atoms with Crippen LogP contribution in [-0.4, -0.2) is 57.6 Å². The van der Waals surface area contributed by atoms with Crippen molar-refractivity contribution in [3.63, 3.8) is 0 Å². The van der Waals surface area contributed by atoms with Crippen LogP contribution in [0.25, 0.3) is 0 Å². The molecule has 1 N–H and O–H groups in total. The van der Waals surface area contributed by atoms with E-state index in [0.717, 1.165) is 27.3 Å². The lowest BCUT2D eigenvalue weighted by Gasteiger charge is -2.34. The standard InChI is InChI=1S/C31H39N3O5S/c1-23(2)20-32-31(36)28(19-25-14-7-6-8-15-25)33(21-26-16-10-9-13-24(26)3)30(35)22-34(40(5,37)38)27-17-11-12-18-29(27)39-4/h6-18,23,28H,19-22H2,1-5H3,(H,32,36). The van der Waals surface area contributed by atoms with Gasteiger partial charge in [0.05, 0.1) is 19.1 Å². The Hall–Kier alpha value is -3.85. The van der Waals surface area contributed by atoms with Gasteiger partial charge >= 0.3 is 0 Å². The fourth-order valence-corrected chi connectivity index (χ4v) is 5.23. The number of methoxy groups -OCH3 is 1. The second-order valence-corrected chi connectivity index (χ2v) is 12.1. The molecule has 0 aliphatic heterocycles. The number of para-hydroxylation sites is 2. The molecule has 3 aromatic rings. The minimum absolute atomic E-state index is 0.141. The monoisotopic (exact) mass is 565 g/mol. The highest BCUT2D eigenvalue weighted by molar-refractivity contribution is 7.92. The summed E-state index contributed by atoms with van der Waals surface area (Å²) in [7, 11) is -2.44. The van der Waals surface area contributed by atoms with Crippen LogP contribution in [0.5, 0.6) is 5.75 Å². The Morgan fingerprint density at radius 3 is 2.17 bits per heavy atom. The van der Waals surface area contributed by atoms with Gasteiger partial charge < -0.3 is 15.0 Å². The first-order valence-electron chi connectivity index (χ1n) is 13.3. The predicted octanol–water partition coefficient (Wildman–Crippen LogP) is 4.18. The number of hydrogen-bond acceptors (Lipinski definition) is 5. The van der Waals surface area contributed by atoms with Gasteiger partial charge in [0.2, 0.25) is 21.8 Å². The van der Waals surface area contributed by atoms with Crippen molar-refractivity contribution in [3.8, 4) is 5.75 Å². The van der Waals surface area contributed by atoms with Crippen LogP contribution < -0.4 is 14.4 Å². The summed E-state index contributed by atoms with van der Waals surface area (Å²) in [6, 6.07) is 22.9. The molecule has 3 rings (SSSR count). The van der Waals surface area contributed by atoms with E-state index in [1.54, 1.807) is 24.3 Å². The van der Waals surface area contributed by atoms with Crippen LogP contribution >= 0.6 is 0 Å². The SMILES string of the molecule is COc1ccccc1N(CC(=O)N(Cc1ccccc1C)C(Cc1ccccc1)C(=O)NCC(C)C)S(C)(=O)=O. The Kier molecular flexibility index (Phi) is 10.7. The van der Waals surface area contributed by atoms with Crippen LogP contribution in [-0.2, 0) is 32.6 Å². The molecular weight excluding hydrogens is 526 g/mol.